The molecule has 152 valence electrons. The third-order valence-electron chi connectivity index (χ3n) is 4.88. The van der Waals surface area contributed by atoms with Crippen LogP contribution in [0.5, 0.6) is 0 Å². The minimum Gasteiger partial charge on any atom is -0.481 e. The number of carboxylic acid groups (broad SMARTS) is 1. The van der Waals surface area contributed by atoms with E-state index >= 15 is 0 Å². The zero-order chi connectivity index (χ0) is 20.4. The second-order valence-electron chi connectivity index (χ2n) is 6.98. The quantitative estimate of drug-likeness (QED) is 0.719. The van der Waals surface area contributed by atoms with Crippen LogP contribution in [0.2, 0.25) is 0 Å². The van der Waals surface area contributed by atoms with Crippen molar-refractivity contribution in [2.75, 3.05) is 39.8 Å². The Morgan fingerprint density at radius 2 is 1.78 bits per heavy atom. The van der Waals surface area contributed by atoms with E-state index in [0.717, 1.165) is 4.90 Å². The third kappa shape index (κ3) is 5.57. The number of amides is 3. The molecule has 2 fully saturated rings. The number of carbonyl (C=O) groups excluding carboxylic acids is 3. The van der Waals surface area contributed by atoms with Crippen LogP contribution in [0.15, 0.2) is 0 Å². The van der Waals surface area contributed by atoms with Crippen LogP contribution in [0.4, 0.5) is 13.2 Å². The van der Waals surface area contributed by atoms with E-state index < -0.39 is 42.3 Å². The maximum absolute atomic E-state index is 12.4. The summed E-state index contributed by atoms with van der Waals surface area (Å²) < 4.78 is 37.3. The Morgan fingerprint density at radius 3 is 2.30 bits per heavy atom. The van der Waals surface area contributed by atoms with E-state index in [1.54, 1.807) is 0 Å². The Balaban J connectivity index is 1.84. The molecule has 0 bridgehead atoms. The van der Waals surface area contributed by atoms with Crippen molar-refractivity contribution < 1.29 is 37.5 Å². The number of hydrogen-bond donors (Lipinski definition) is 1. The fourth-order valence-corrected chi connectivity index (χ4v) is 3.38. The lowest BCUT2D eigenvalue weighted by Gasteiger charge is -2.31. The fourth-order valence-electron chi connectivity index (χ4n) is 3.38. The van der Waals surface area contributed by atoms with Crippen LogP contribution in [-0.4, -0.2) is 89.4 Å². The first-order chi connectivity index (χ1) is 12.5. The van der Waals surface area contributed by atoms with E-state index in [4.69, 9.17) is 5.11 Å². The van der Waals surface area contributed by atoms with Gasteiger partial charge in [0, 0.05) is 33.1 Å². The summed E-state index contributed by atoms with van der Waals surface area (Å²) in [7, 11) is 1.36. The first kappa shape index (κ1) is 21.0. The number of halogens is 3. The number of nitrogens with zero attached hydrogens (tertiary/aromatic N) is 3. The number of carbonyl (C=O) groups is 4. The molecule has 2 heterocycles. The van der Waals surface area contributed by atoms with Gasteiger partial charge in [0.05, 0.1) is 18.4 Å². The average molecular weight is 393 g/mol. The van der Waals surface area contributed by atoms with Crippen LogP contribution in [0, 0.1) is 11.8 Å². The molecule has 1 N–H and O–H groups in total. The first-order valence-electron chi connectivity index (χ1n) is 8.58. The first-order valence-corrected chi connectivity index (χ1v) is 8.58. The summed E-state index contributed by atoms with van der Waals surface area (Å²) in [6.07, 6.45) is -4.17. The van der Waals surface area contributed by atoms with Gasteiger partial charge in [0.2, 0.25) is 17.7 Å². The van der Waals surface area contributed by atoms with E-state index in [-0.39, 0.29) is 38.5 Å². The summed E-state index contributed by atoms with van der Waals surface area (Å²) in [6.45, 7) is -1.42. The molecular weight excluding hydrogens is 371 g/mol. The number of piperidine rings is 1. The second-order valence-corrected chi connectivity index (χ2v) is 6.98. The van der Waals surface area contributed by atoms with Gasteiger partial charge in [-0.1, -0.05) is 0 Å². The number of likely N-dealkylation sites (tertiary alicyclic amines) is 2. The van der Waals surface area contributed by atoms with E-state index in [0.29, 0.717) is 17.7 Å². The SMILES string of the molecule is CN(CC(=O)N1CCC(C(=O)O)CC1)C(=O)C1CC(=O)N(CC(F)(F)F)C1. The molecular formula is C16H22F3N3O5. The summed E-state index contributed by atoms with van der Waals surface area (Å²) in [6, 6.07) is 0. The predicted octanol–water partition coefficient (Wildman–Crippen LogP) is 0.179. The van der Waals surface area contributed by atoms with E-state index in [9.17, 15) is 32.3 Å². The van der Waals surface area contributed by atoms with Crippen LogP contribution < -0.4 is 0 Å². The molecule has 2 saturated heterocycles. The lowest BCUT2D eigenvalue weighted by atomic mass is 9.97. The van der Waals surface area contributed by atoms with E-state index in [2.05, 4.69) is 0 Å². The summed E-state index contributed by atoms with van der Waals surface area (Å²) >= 11 is 0. The molecule has 11 heteroatoms. The number of carboxylic acids is 1. The van der Waals surface area contributed by atoms with Gasteiger partial charge in [-0.25, -0.2) is 0 Å². The number of alkyl halides is 3. The molecule has 8 nitrogen and oxygen atoms in total. The monoisotopic (exact) mass is 393 g/mol. The highest BCUT2D eigenvalue weighted by Crippen LogP contribution is 2.25. The lowest BCUT2D eigenvalue weighted by molar-refractivity contribution is -0.157. The zero-order valence-electron chi connectivity index (χ0n) is 14.9. The largest absolute Gasteiger partial charge is 0.481 e. The van der Waals surface area contributed by atoms with Gasteiger partial charge in [-0.15, -0.1) is 0 Å². The summed E-state index contributed by atoms with van der Waals surface area (Å²) in [5.41, 5.74) is 0. The molecule has 0 aromatic heterocycles. The van der Waals surface area contributed by atoms with Crippen LogP contribution in [0.25, 0.3) is 0 Å². The van der Waals surface area contributed by atoms with Crippen LogP contribution in [-0.2, 0) is 19.2 Å². The molecule has 1 unspecified atom stereocenters. The highest BCUT2D eigenvalue weighted by Gasteiger charge is 2.41. The minimum absolute atomic E-state index is 0.263. The van der Waals surface area contributed by atoms with Crippen LogP contribution in [0.3, 0.4) is 0 Å². The van der Waals surface area contributed by atoms with Gasteiger partial charge in [-0.2, -0.15) is 13.2 Å². The van der Waals surface area contributed by atoms with Crippen LogP contribution >= 0.6 is 0 Å². The molecule has 0 spiro atoms. The van der Waals surface area contributed by atoms with Crippen molar-refractivity contribution in [3.05, 3.63) is 0 Å². The number of hydrogen-bond acceptors (Lipinski definition) is 4. The van der Waals surface area contributed by atoms with Gasteiger partial charge in [0.15, 0.2) is 0 Å². The van der Waals surface area contributed by atoms with Gasteiger partial charge in [0.25, 0.3) is 0 Å². The Hall–Kier alpha value is -2.33. The summed E-state index contributed by atoms with van der Waals surface area (Å²) in [4.78, 5) is 50.5. The highest BCUT2D eigenvalue weighted by molar-refractivity contribution is 5.91. The molecule has 3 amide bonds. The average Bonchev–Trinajstić information content (AvgIpc) is 2.92. The van der Waals surface area contributed by atoms with Gasteiger partial charge >= 0.3 is 12.1 Å². The van der Waals surface area contributed by atoms with E-state index in [1.807, 2.05) is 0 Å². The molecule has 0 saturated carbocycles. The molecule has 1 atom stereocenters. The Labute approximate surface area is 153 Å². The number of likely N-dealkylation sites (N-methyl/N-ethyl adjacent to an activating group) is 1. The van der Waals surface area contributed by atoms with Crippen molar-refractivity contribution in [3.63, 3.8) is 0 Å². The standard InChI is InChI=1S/C16H22F3N3O5/c1-20(8-13(24)21-4-2-10(3-5-21)15(26)27)14(25)11-6-12(23)22(7-11)9-16(17,18)19/h10-11H,2-9H2,1H3,(H,26,27). The Morgan fingerprint density at radius 1 is 1.19 bits per heavy atom. The van der Waals surface area contributed by atoms with Crippen molar-refractivity contribution >= 4 is 23.7 Å². The molecule has 0 aliphatic carbocycles. The topological polar surface area (TPSA) is 98.2 Å². The molecule has 0 aromatic rings. The molecule has 27 heavy (non-hydrogen) atoms. The smallest absolute Gasteiger partial charge is 0.406 e. The van der Waals surface area contributed by atoms with Gasteiger partial charge < -0.3 is 19.8 Å². The van der Waals surface area contributed by atoms with Gasteiger partial charge in [0.1, 0.15) is 6.54 Å². The van der Waals surface area contributed by atoms with Crippen molar-refractivity contribution in [2.45, 2.75) is 25.4 Å². The minimum atomic E-state index is -4.53. The Kier molecular flexibility index (Phi) is 6.32. The predicted molar refractivity (Wildman–Crippen MR) is 85.3 cm³/mol. The zero-order valence-corrected chi connectivity index (χ0v) is 14.9. The molecule has 0 radical (unpaired) electrons. The summed E-state index contributed by atoms with van der Waals surface area (Å²) in [5.74, 6) is -3.94. The van der Waals surface area contributed by atoms with Crippen molar-refractivity contribution in [1.29, 1.82) is 0 Å². The lowest BCUT2D eigenvalue weighted by Crippen LogP contribution is -2.46. The third-order valence-corrected chi connectivity index (χ3v) is 4.88. The van der Waals surface area contributed by atoms with Crippen molar-refractivity contribution in [1.82, 2.24) is 14.7 Å². The molecule has 2 aliphatic heterocycles. The van der Waals surface area contributed by atoms with E-state index in [1.165, 1.54) is 11.9 Å². The maximum Gasteiger partial charge on any atom is 0.406 e. The summed E-state index contributed by atoms with van der Waals surface area (Å²) in [5, 5.41) is 8.96. The maximum atomic E-state index is 12.4. The normalized spacial score (nSPS) is 21.5. The highest BCUT2D eigenvalue weighted by atomic mass is 19.4. The fraction of sp³-hybridized carbons (Fsp3) is 0.750. The van der Waals surface area contributed by atoms with Crippen molar-refractivity contribution in [2.24, 2.45) is 11.8 Å². The number of aliphatic carboxylic acids is 1. The second kappa shape index (κ2) is 8.13. The molecule has 2 aliphatic rings. The van der Waals surface area contributed by atoms with Gasteiger partial charge in [-0.05, 0) is 12.8 Å². The number of rotatable bonds is 5. The molecule has 0 aromatic carbocycles. The van der Waals surface area contributed by atoms with Crippen LogP contribution in [0.1, 0.15) is 19.3 Å². The molecule has 2 rings (SSSR count). The Bertz CT molecular complexity index is 617. The van der Waals surface area contributed by atoms with Gasteiger partial charge in [-0.3, -0.25) is 19.2 Å². The van der Waals surface area contributed by atoms with Crippen molar-refractivity contribution in [3.8, 4) is 0 Å².